The highest BCUT2D eigenvalue weighted by molar-refractivity contribution is 7.80. The molecule has 0 aliphatic heterocycles. The normalized spacial score (nSPS) is 9.56. The number of anilines is 1. The van der Waals surface area contributed by atoms with Crippen LogP contribution in [0.4, 0.5) is 11.4 Å². The van der Waals surface area contributed by atoms with Crippen molar-refractivity contribution in [3.63, 3.8) is 0 Å². The van der Waals surface area contributed by atoms with E-state index >= 15 is 0 Å². The van der Waals surface area contributed by atoms with Crippen molar-refractivity contribution >= 4 is 34.5 Å². The van der Waals surface area contributed by atoms with Gasteiger partial charge in [0.1, 0.15) is 0 Å². The van der Waals surface area contributed by atoms with E-state index in [4.69, 9.17) is 5.73 Å². The maximum atomic E-state index is 11.3. The lowest BCUT2D eigenvalue weighted by Crippen LogP contribution is -2.20. The number of benzene rings is 1. The van der Waals surface area contributed by atoms with Gasteiger partial charge in [0.2, 0.25) is 0 Å². The first-order valence-electron chi connectivity index (χ1n) is 4.27. The van der Waals surface area contributed by atoms with Crippen LogP contribution in [0.1, 0.15) is 17.3 Å². The number of nitrogens with one attached hydrogen (secondary N) is 1. The average Bonchev–Trinajstić information content (AvgIpc) is 2.16. The number of carbonyl (C=O) groups excluding carboxylic acids is 1. The lowest BCUT2D eigenvalue weighted by Gasteiger charge is -2.07. The van der Waals surface area contributed by atoms with Gasteiger partial charge in [-0.15, -0.1) is 0 Å². The number of non-ortho nitro benzene ring substituents is 1. The second-order valence-corrected chi connectivity index (χ2v) is 3.47. The van der Waals surface area contributed by atoms with Crippen molar-refractivity contribution in [2.75, 3.05) is 5.32 Å². The van der Waals surface area contributed by atoms with Gasteiger partial charge < -0.3 is 11.1 Å². The molecule has 0 radical (unpaired) electrons. The van der Waals surface area contributed by atoms with Gasteiger partial charge in [-0.3, -0.25) is 14.9 Å². The minimum absolute atomic E-state index is 0.00338. The highest BCUT2D eigenvalue weighted by atomic mass is 32.1. The van der Waals surface area contributed by atoms with Crippen molar-refractivity contribution in [2.24, 2.45) is 5.73 Å². The van der Waals surface area contributed by atoms with E-state index in [1.165, 1.54) is 25.1 Å². The van der Waals surface area contributed by atoms with E-state index in [2.05, 4.69) is 17.5 Å². The average molecular weight is 239 g/mol. The quantitative estimate of drug-likeness (QED) is 0.358. The predicted molar refractivity (Wildman–Crippen MR) is 63.5 cm³/mol. The Labute approximate surface area is 96.6 Å². The largest absolute Gasteiger partial charge is 0.376 e. The zero-order chi connectivity index (χ0) is 12.3. The van der Waals surface area contributed by atoms with Crippen LogP contribution in [0.25, 0.3) is 0 Å². The smallest absolute Gasteiger partial charge is 0.270 e. The van der Waals surface area contributed by atoms with Crippen LogP contribution in [0.15, 0.2) is 18.2 Å². The molecular weight excluding hydrogens is 230 g/mol. The van der Waals surface area contributed by atoms with Crippen LogP contribution in [0.5, 0.6) is 0 Å². The molecule has 0 aliphatic rings. The van der Waals surface area contributed by atoms with Crippen LogP contribution in [-0.4, -0.2) is 15.8 Å². The minimum atomic E-state index is -0.572. The van der Waals surface area contributed by atoms with E-state index in [9.17, 15) is 14.9 Å². The molecular formula is C9H9N3O3S. The molecule has 0 saturated carbocycles. The Morgan fingerprint density at radius 1 is 1.56 bits per heavy atom. The Morgan fingerprint density at radius 2 is 2.19 bits per heavy atom. The fraction of sp³-hybridized carbons (Fsp3) is 0.111. The van der Waals surface area contributed by atoms with Crippen LogP contribution in [0.3, 0.4) is 0 Å². The zero-order valence-electron chi connectivity index (χ0n) is 8.39. The van der Waals surface area contributed by atoms with Crippen LogP contribution in [0.2, 0.25) is 0 Å². The van der Waals surface area contributed by atoms with Crippen molar-refractivity contribution in [3.05, 3.63) is 33.9 Å². The number of nitro groups is 1. The van der Waals surface area contributed by atoms with E-state index in [0.29, 0.717) is 5.69 Å². The van der Waals surface area contributed by atoms with E-state index in [1.54, 1.807) is 0 Å². The molecule has 0 unspecified atom stereocenters. The van der Waals surface area contributed by atoms with Gasteiger partial charge in [-0.25, -0.2) is 0 Å². The first kappa shape index (κ1) is 12.1. The third-order valence-corrected chi connectivity index (χ3v) is 1.95. The van der Waals surface area contributed by atoms with Crippen LogP contribution < -0.4 is 11.1 Å². The van der Waals surface area contributed by atoms with E-state index in [1.807, 2.05) is 0 Å². The summed E-state index contributed by atoms with van der Waals surface area (Å²) in [4.78, 5) is 21.2. The zero-order valence-corrected chi connectivity index (χ0v) is 9.21. The molecule has 0 aromatic heterocycles. The Hall–Kier alpha value is -2.02. The van der Waals surface area contributed by atoms with Gasteiger partial charge in [0, 0.05) is 17.7 Å². The van der Waals surface area contributed by atoms with Gasteiger partial charge in [0.05, 0.1) is 10.6 Å². The number of nitrogens with zero attached hydrogens (tertiary/aromatic N) is 1. The summed E-state index contributed by atoms with van der Waals surface area (Å²) in [7, 11) is 0. The van der Waals surface area contributed by atoms with Crippen molar-refractivity contribution < 1.29 is 9.72 Å². The summed E-state index contributed by atoms with van der Waals surface area (Å²) in [5.74, 6) is -0.303. The maximum Gasteiger partial charge on any atom is 0.270 e. The molecule has 1 aromatic rings. The number of thiocarbonyl (C=S) groups is 1. The number of nitrogens with two attached hydrogens (primary N) is 1. The van der Waals surface area contributed by atoms with Gasteiger partial charge in [0.25, 0.3) is 5.69 Å². The third kappa shape index (κ3) is 2.74. The van der Waals surface area contributed by atoms with Gasteiger partial charge >= 0.3 is 0 Å². The Bertz CT molecular complexity index is 473. The Kier molecular flexibility index (Phi) is 3.51. The Morgan fingerprint density at radius 3 is 2.62 bits per heavy atom. The number of ketones is 1. The molecule has 0 aliphatic carbocycles. The molecule has 0 heterocycles. The molecule has 84 valence electrons. The van der Waals surface area contributed by atoms with E-state index in [0.717, 1.165) is 0 Å². The molecule has 16 heavy (non-hydrogen) atoms. The van der Waals surface area contributed by atoms with Gasteiger partial charge in [-0.1, -0.05) is 0 Å². The van der Waals surface area contributed by atoms with Crippen LogP contribution in [0, 0.1) is 10.1 Å². The summed E-state index contributed by atoms with van der Waals surface area (Å²) in [5, 5.41) is 13.1. The molecule has 1 rings (SSSR count). The minimum Gasteiger partial charge on any atom is -0.376 e. The topological polar surface area (TPSA) is 98.3 Å². The van der Waals surface area contributed by atoms with E-state index in [-0.39, 0.29) is 22.1 Å². The predicted octanol–water partition coefficient (Wildman–Crippen LogP) is 1.45. The molecule has 0 atom stereocenters. The number of carbonyl (C=O) groups is 1. The summed E-state index contributed by atoms with van der Waals surface area (Å²) in [6.07, 6.45) is 0. The summed E-state index contributed by atoms with van der Waals surface area (Å²) < 4.78 is 0. The standard InChI is InChI=1S/C9H9N3O3S/c1-5(13)7-4-6(12(14)15)2-3-8(7)11-9(10)16/h2-4H,1H3,(H3,10,11,16). The molecule has 6 nitrogen and oxygen atoms in total. The third-order valence-electron chi connectivity index (χ3n) is 1.85. The molecule has 7 heteroatoms. The fourth-order valence-corrected chi connectivity index (χ4v) is 1.29. The summed E-state index contributed by atoms with van der Waals surface area (Å²) in [5.41, 5.74) is 5.66. The SMILES string of the molecule is CC(=O)c1cc([N+](=O)[O-])ccc1NC(N)=S. The van der Waals surface area contributed by atoms with E-state index < -0.39 is 4.92 Å². The van der Waals surface area contributed by atoms with Crippen LogP contribution >= 0.6 is 12.2 Å². The first-order chi connectivity index (χ1) is 7.41. The number of rotatable bonds is 3. The highest BCUT2D eigenvalue weighted by Crippen LogP contribution is 2.22. The van der Waals surface area contributed by atoms with Crippen molar-refractivity contribution in [3.8, 4) is 0 Å². The monoisotopic (exact) mass is 239 g/mol. The molecule has 3 N–H and O–H groups in total. The van der Waals surface area contributed by atoms with Gasteiger partial charge in [-0.2, -0.15) is 0 Å². The second-order valence-electron chi connectivity index (χ2n) is 3.03. The molecule has 0 spiro atoms. The molecule has 0 amide bonds. The number of nitro benzene ring substituents is 1. The Balaban J connectivity index is 3.24. The molecule has 0 saturated heterocycles. The molecule has 0 bridgehead atoms. The second kappa shape index (κ2) is 4.67. The molecule has 0 fully saturated rings. The van der Waals surface area contributed by atoms with Crippen LogP contribution in [-0.2, 0) is 0 Å². The number of hydrogen-bond acceptors (Lipinski definition) is 4. The van der Waals surface area contributed by atoms with Crippen molar-refractivity contribution in [1.29, 1.82) is 0 Å². The van der Waals surface area contributed by atoms with Crippen molar-refractivity contribution in [2.45, 2.75) is 6.92 Å². The number of hydrogen-bond donors (Lipinski definition) is 2. The van der Waals surface area contributed by atoms with Gasteiger partial charge in [0.15, 0.2) is 10.9 Å². The lowest BCUT2D eigenvalue weighted by atomic mass is 10.1. The first-order valence-corrected chi connectivity index (χ1v) is 4.68. The fourth-order valence-electron chi connectivity index (χ4n) is 1.18. The number of Topliss-reactive ketones (excluding diaryl/α,β-unsaturated/α-hetero) is 1. The highest BCUT2D eigenvalue weighted by Gasteiger charge is 2.13. The van der Waals surface area contributed by atoms with Gasteiger partial charge in [-0.05, 0) is 25.2 Å². The summed E-state index contributed by atoms with van der Waals surface area (Å²) >= 11 is 4.63. The van der Waals surface area contributed by atoms with Crippen molar-refractivity contribution in [1.82, 2.24) is 0 Å². The maximum absolute atomic E-state index is 11.3. The lowest BCUT2D eigenvalue weighted by molar-refractivity contribution is -0.384. The molecule has 1 aromatic carbocycles. The summed E-state index contributed by atoms with van der Waals surface area (Å²) in [6.45, 7) is 1.31. The summed E-state index contributed by atoms with van der Waals surface area (Å²) in [6, 6.07) is 3.85.